The van der Waals surface area contributed by atoms with E-state index in [1.807, 2.05) is 18.7 Å². The fourth-order valence-electron chi connectivity index (χ4n) is 6.88. The van der Waals surface area contributed by atoms with Crippen LogP contribution in [0.4, 0.5) is 0 Å². The molecule has 0 bridgehead atoms. The van der Waals surface area contributed by atoms with Crippen LogP contribution in [0.3, 0.4) is 0 Å². The third-order valence-corrected chi connectivity index (χ3v) is 10.1. The number of rotatable bonds is 21. The van der Waals surface area contributed by atoms with Crippen molar-refractivity contribution in [2.24, 2.45) is 11.8 Å². The van der Waals surface area contributed by atoms with Crippen molar-refractivity contribution in [1.82, 2.24) is 35.1 Å². The van der Waals surface area contributed by atoms with Crippen molar-refractivity contribution < 1.29 is 58.9 Å². The van der Waals surface area contributed by atoms with Gasteiger partial charge in [0.1, 0.15) is 11.8 Å². The largest absolute Gasteiger partial charge is 0.480 e. The van der Waals surface area contributed by atoms with Crippen LogP contribution in [-0.2, 0) is 33.6 Å². The number of likely N-dealkylation sites (tertiary alicyclic amines) is 1. The van der Waals surface area contributed by atoms with Crippen LogP contribution in [0.5, 0.6) is 0 Å². The summed E-state index contributed by atoms with van der Waals surface area (Å²) < 4.78 is 0. The second-order valence-corrected chi connectivity index (χ2v) is 14.9. The highest BCUT2D eigenvalue weighted by atomic mass is 16.4. The number of Topliss-reactive ketones (excluding diaryl/α,β-unsaturated/α-hetero) is 1. The molecule has 0 aromatic rings. The Hall–Kier alpha value is -3.69. The van der Waals surface area contributed by atoms with Crippen LogP contribution in [0, 0.1) is 11.8 Å². The number of aliphatic carboxylic acids is 3. The van der Waals surface area contributed by atoms with Gasteiger partial charge in [0, 0.05) is 84.2 Å². The van der Waals surface area contributed by atoms with Crippen molar-refractivity contribution in [3.8, 4) is 0 Å². The van der Waals surface area contributed by atoms with E-state index < -0.39 is 54.7 Å². The minimum absolute atomic E-state index is 0.0102. The summed E-state index contributed by atoms with van der Waals surface area (Å²) in [5.74, 6) is -5.75. The van der Waals surface area contributed by atoms with Crippen LogP contribution >= 0.6 is 0 Å². The van der Waals surface area contributed by atoms with Crippen LogP contribution in [0.2, 0.25) is 0 Å². The number of nitrogens with one attached hydrogen (secondary N) is 2. The van der Waals surface area contributed by atoms with E-state index in [1.165, 1.54) is 4.90 Å². The smallest absolute Gasteiger partial charge is 0.475 e. The lowest BCUT2D eigenvalue weighted by atomic mass is 9.78. The van der Waals surface area contributed by atoms with Crippen molar-refractivity contribution in [2.45, 2.75) is 77.7 Å². The molecule has 0 spiro atoms. The Morgan fingerprint density at radius 2 is 1.15 bits per heavy atom. The first-order valence-electron chi connectivity index (χ1n) is 19.3. The average Bonchev–Trinajstić information content (AvgIpc) is 3.59. The van der Waals surface area contributed by atoms with Crippen molar-refractivity contribution in [3.05, 3.63) is 0 Å². The second kappa shape index (κ2) is 24.7. The van der Waals surface area contributed by atoms with Crippen LogP contribution < -0.4 is 10.6 Å². The number of nitrogens with zero attached hydrogens (tertiary/aromatic N) is 5. The Balaban J connectivity index is 1.82. The molecule has 55 heavy (non-hydrogen) atoms. The number of ketones is 1. The molecule has 3 amide bonds. The lowest BCUT2D eigenvalue weighted by Gasteiger charge is -2.32. The minimum atomic E-state index is -1.66. The zero-order valence-corrected chi connectivity index (χ0v) is 32.6. The van der Waals surface area contributed by atoms with Gasteiger partial charge < -0.3 is 40.9 Å². The zero-order chi connectivity index (χ0) is 41.1. The summed E-state index contributed by atoms with van der Waals surface area (Å²) in [5, 5.41) is 52.9. The fourth-order valence-corrected chi connectivity index (χ4v) is 6.88. The van der Waals surface area contributed by atoms with Crippen molar-refractivity contribution in [3.63, 3.8) is 0 Å². The molecule has 2 aliphatic heterocycles. The molecule has 2 saturated heterocycles. The maximum absolute atomic E-state index is 13.1. The van der Waals surface area contributed by atoms with Gasteiger partial charge in [-0.15, -0.1) is 0 Å². The number of hydrogen-bond donors (Lipinski definition) is 7. The Kier molecular flexibility index (Phi) is 21.4. The van der Waals surface area contributed by atoms with Gasteiger partial charge in [0.15, 0.2) is 0 Å². The average molecular weight is 784 g/mol. The molecular weight excluding hydrogens is 721 g/mol. The molecule has 0 unspecified atom stereocenters. The summed E-state index contributed by atoms with van der Waals surface area (Å²) in [5.41, 5.74) is 0. The third kappa shape index (κ3) is 18.7. The highest BCUT2D eigenvalue weighted by Gasteiger charge is 2.39. The summed E-state index contributed by atoms with van der Waals surface area (Å²) in [6, 6.07) is -0.887. The summed E-state index contributed by atoms with van der Waals surface area (Å²) in [6.07, 6.45) is 3.20. The summed E-state index contributed by atoms with van der Waals surface area (Å²) in [6.45, 7) is 7.59. The highest BCUT2D eigenvalue weighted by Crippen LogP contribution is 2.21. The first-order chi connectivity index (χ1) is 26.0. The van der Waals surface area contributed by atoms with Crippen molar-refractivity contribution in [2.75, 3.05) is 91.6 Å². The Morgan fingerprint density at radius 3 is 1.58 bits per heavy atom. The molecule has 0 aromatic carbocycles. The predicted molar refractivity (Wildman–Crippen MR) is 201 cm³/mol. The SMILES string of the molecule is CC(C)[C@H](CC(=O)CCCCCNC(=O)CN1CCN(CC(=O)O)CCN(CC(=O)O)CCN(CC(=O)O)CC1)C(=O)N[C@H](C)C(=O)N1CCC[C@H]1B(O)O. The van der Waals surface area contributed by atoms with Gasteiger partial charge in [0.2, 0.25) is 17.7 Å². The number of carbonyl (C=O) groups excluding carboxylic acids is 4. The third-order valence-electron chi connectivity index (χ3n) is 10.1. The molecule has 2 fully saturated rings. The fraction of sp³-hybridized carbons (Fsp3) is 0.800. The molecule has 0 radical (unpaired) electrons. The Morgan fingerprint density at radius 1 is 0.673 bits per heavy atom. The van der Waals surface area contributed by atoms with Gasteiger partial charge >= 0.3 is 25.0 Å². The maximum Gasteiger partial charge on any atom is 0.475 e. The summed E-state index contributed by atoms with van der Waals surface area (Å²) in [4.78, 5) is 94.4. The van der Waals surface area contributed by atoms with Crippen molar-refractivity contribution in [1.29, 1.82) is 0 Å². The van der Waals surface area contributed by atoms with Gasteiger partial charge in [0.05, 0.1) is 32.1 Å². The molecule has 19 nitrogen and oxygen atoms in total. The lowest BCUT2D eigenvalue weighted by molar-refractivity contribution is -0.140. The zero-order valence-electron chi connectivity index (χ0n) is 32.6. The Bertz CT molecular complexity index is 1260. The van der Waals surface area contributed by atoms with E-state index >= 15 is 0 Å². The minimum Gasteiger partial charge on any atom is -0.480 e. The number of carboxylic acids is 3. The van der Waals surface area contributed by atoms with Gasteiger partial charge in [-0.25, -0.2) is 0 Å². The molecule has 0 aromatic heterocycles. The molecule has 0 aliphatic carbocycles. The van der Waals surface area contributed by atoms with Gasteiger partial charge in [-0.1, -0.05) is 20.3 Å². The molecule has 3 atom stereocenters. The maximum atomic E-state index is 13.1. The molecule has 2 heterocycles. The van der Waals surface area contributed by atoms with Gasteiger partial charge in [-0.05, 0) is 38.5 Å². The number of hydrogen-bond acceptors (Lipinski definition) is 13. The van der Waals surface area contributed by atoms with E-state index in [0.29, 0.717) is 71.4 Å². The molecular formula is C35H62BN7O12. The monoisotopic (exact) mass is 783 g/mol. The lowest BCUT2D eigenvalue weighted by Crippen LogP contribution is -2.53. The van der Waals surface area contributed by atoms with Crippen LogP contribution in [0.15, 0.2) is 0 Å². The normalized spacial score (nSPS) is 19.5. The topological polar surface area (TPSA) is 261 Å². The first kappa shape index (κ1) is 47.5. The number of unbranched alkanes of at least 4 members (excludes halogenated alkanes) is 2. The van der Waals surface area contributed by atoms with Crippen molar-refractivity contribution >= 4 is 48.5 Å². The number of carboxylic acid groups (broad SMARTS) is 3. The summed E-state index contributed by atoms with van der Waals surface area (Å²) in [7, 11) is -1.66. The molecule has 0 saturated carbocycles. The first-order valence-corrected chi connectivity index (χ1v) is 19.3. The van der Waals surface area contributed by atoms with E-state index in [-0.39, 0.29) is 82.8 Å². The van der Waals surface area contributed by atoms with E-state index in [0.717, 1.165) is 0 Å². The predicted octanol–water partition coefficient (Wildman–Crippen LogP) is -2.12. The quantitative estimate of drug-likeness (QED) is 0.0485. The molecule has 2 rings (SSSR count). The van der Waals surface area contributed by atoms with Gasteiger partial charge in [-0.2, -0.15) is 0 Å². The van der Waals surface area contributed by atoms with E-state index in [1.54, 1.807) is 21.6 Å². The molecule has 7 N–H and O–H groups in total. The molecule has 312 valence electrons. The van der Waals surface area contributed by atoms with Gasteiger partial charge in [-0.3, -0.25) is 53.2 Å². The van der Waals surface area contributed by atoms with E-state index in [4.69, 9.17) is 0 Å². The number of carbonyl (C=O) groups is 7. The number of amides is 3. The summed E-state index contributed by atoms with van der Waals surface area (Å²) >= 11 is 0. The highest BCUT2D eigenvalue weighted by molar-refractivity contribution is 6.43. The molecule has 2 aliphatic rings. The standard InChI is InChI=1S/C35H62BN7O12/c1-25(2)28(34(52)38-26(3)35(53)43-11-7-9-29(43)36(54)55)20-27(44)8-5-4-6-10-37-30(45)21-39-12-14-40(22-31(46)47)16-18-42(24-33(50)51)19-17-41(15-13-39)23-32(48)49/h25-26,28-29,54-55H,4-24H2,1-3H3,(H,37,45)(H,38,52)(H,46,47)(H,48,49)(H,50,51)/t26-,28+,29+/m1/s1. The Labute approximate surface area is 323 Å². The van der Waals surface area contributed by atoms with Crippen LogP contribution in [0.1, 0.15) is 65.7 Å². The second-order valence-electron chi connectivity index (χ2n) is 14.9. The van der Waals surface area contributed by atoms with E-state index in [2.05, 4.69) is 10.6 Å². The van der Waals surface area contributed by atoms with Crippen LogP contribution in [-0.4, -0.2) is 202 Å². The van der Waals surface area contributed by atoms with Gasteiger partial charge in [0.25, 0.3) is 0 Å². The van der Waals surface area contributed by atoms with E-state index in [9.17, 15) is 58.9 Å². The van der Waals surface area contributed by atoms with Crippen LogP contribution in [0.25, 0.3) is 0 Å². The molecule has 20 heteroatoms.